The maximum Gasteiger partial charge on any atom is 0.140 e. The Morgan fingerprint density at radius 1 is 0.644 bits per heavy atom. The van der Waals surface area contributed by atoms with E-state index in [9.17, 15) is 5.11 Å². The number of phenols is 1. The van der Waals surface area contributed by atoms with Crippen molar-refractivity contribution in [3.8, 4) is 28.1 Å². The van der Waals surface area contributed by atoms with E-state index in [4.69, 9.17) is 9.97 Å². The van der Waals surface area contributed by atoms with Gasteiger partial charge in [-0.2, -0.15) is 0 Å². The summed E-state index contributed by atoms with van der Waals surface area (Å²) in [6, 6.07) is 48.6. The van der Waals surface area contributed by atoms with Crippen molar-refractivity contribution in [2.24, 2.45) is 0 Å². The molecule has 7 aromatic rings. The molecule has 6 heteroatoms. The molecule has 0 aliphatic carbocycles. The van der Waals surface area contributed by atoms with E-state index in [1.165, 1.54) is 0 Å². The minimum Gasteiger partial charge on any atom is -0.506 e. The Morgan fingerprint density at radius 2 is 1.36 bits per heavy atom. The Hall–Kier alpha value is -5.25. The Morgan fingerprint density at radius 3 is 2.09 bits per heavy atom. The number of hydrogen-bond donors (Lipinski definition) is 1. The molecule has 220 valence electrons. The summed E-state index contributed by atoms with van der Waals surface area (Å²) in [5.74, 6) is 0.955. The predicted molar refractivity (Wildman–Crippen MR) is 179 cm³/mol. The molecule has 0 unspecified atom stereocenters. The second kappa shape index (κ2) is 11.7. The van der Waals surface area contributed by atoms with Crippen LogP contribution in [0.1, 0.15) is 5.56 Å². The quantitative estimate of drug-likeness (QED) is 0.181. The summed E-state index contributed by atoms with van der Waals surface area (Å²) in [5, 5.41) is 11.8. The number of hydrogen-bond acceptors (Lipinski definition) is 5. The molecule has 2 aromatic heterocycles. The number of benzene rings is 5. The number of aryl methyl sites for hydroxylation is 1. The normalized spacial score (nSPS) is 11.9. The molecule has 0 amide bonds. The average Bonchev–Trinajstić information content (AvgIpc) is 3.08. The maximum atomic E-state index is 10.9. The third kappa shape index (κ3) is 4.96. The van der Waals surface area contributed by atoms with Gasteiger partial charge in [0.25, 0.3) is 0 Å². The molecule has 0 saturated carbocycles. The van der Waals surface area contributed by atoms with Crippen LogP contribution >= 0.6 is 0 Å². The van der Waals surface area contributed by atoms with Crippen molar-refractivity contribution in [2.75, 3.05) is 9.80 Å². The van der Waals surface area contributed by atoms with E-state index in [2.05, 4.69) is 94.7 Å². The number of para-hydroxylation sites is 3. The molecule has 1 N–H and O–H groups in total. The molecule has 0 atom stereocenters. The smallest absolute Gasteiger partial charge is 0.140 e. The number of anilines is 6. The van der Waals surface area contributed by atoms with E-state index in [1.54, 1.807) is 6.07 Å². The summed E-state index contributed by atoms with van der Waals surface area (Å²) in [6.45, 7) is 2.04. The number of nitrogens with zero attached hydrogens (tertiary/aromatic N) is 4. The second-order valence-electron chi connectivity index (χ2n) is 10.9. The molecule has 3 heterocycles. The van der Waals surface area contributed by atoms with Crippen LogP contribution in [0.2, 0.25) is 0 Å². The number of phenolic OH excluding ortho intramolecular Hbond substituents is 1. The van der Waals surface area contributed by atoms with Crippen LogP contribution < -0.4 is 9.80 Å². The monoisotopic (exact) mass is 762 g/mol. The molecular weight excluding hydrogens is 736 g/mol. The van der Waals surface area contributed by atoms with Gasteiger partial charge < -0.3 is 14.9 Å². The third-order valence-corrected chi connectivity index (χ3v) is 8.07. The van der Waals surface area contributed by atoms with E-state index in [0.717, 1.165) is 67.6 Å². The molecule has 0 spiro atoms. The van der Waals surface area contributed by atoms with Crippen LogP contribution in [0.4, 0.5) is 34.3 Å². The standard InChI is InChI=1S/C39H27N4O.Pt/c1-26-16-23-38(40-25-26)43-34-15-9-8-14-33(34)42(29-12-6-3-7-13-29)35-21-17-28(24-36(35)43)32-20-18-31-30(27-10-4-2-5-11-27)19-22-37(44)39(31)41-32;/h2-23,25,44H,1H3;/q-1;. The van der Waals surface area contributed by atoms with Gasteiger partial charge in [-0.15, -0.1) is 23.8 Å². The molecule has 5 aromatic carbocycles. The summed E-state index contributed by atoms with van der Waals surface area (Å²) in [4.78, 5) is 14.2. The third-order valence-electron chi connectivity index (χ3n) is 8.07. The van der Waals surface area contributed by atoms with Crippen LogP contribution in [0.3, 0.4) is 0 Å². The SMILES string of the molecule is Cc1ccc(N2c3[c-]c(-c4ccc5c(-c6ccccc6)ccc(O)c5n4)ccc3N(c3ccccc3)c3ccccc32)nc1.[Pt]. The molecule has 5 nitrogen and oxygen atoms in total. The number of pyridine rings is 2. The van der Waals surface area contributed by atoms with Gasteiger partial charge in [0.1, 0.15) is 17.1 Å². The van der Waals surface area contributed by atoms with E-state index in [1.807, 2.05) is 61.7 Å². The van der Waals surface area contributed by atoms with Crippen molar-refractivity contribution in [3.05, 3.63) is 151 Å². The maximum absolute atomic E-state index is 10.9. The zero-order valence-electron chi connectivity index (χ0n) is 24.3. The minimum absolute atomic E-state index is 0. The van der Waals surface area contributed by atoms with Crippen molar-refractivity contribution in [2.45, 2.75) is 6.92 Å². The van der Waals surface area contributed by atoms with E-state index >= 15 is 0 Å². The first-order chi connectivity index (χ1) is 21.7. The number of aromatic hydroxyl groups is 1. The first-order valence-electron chi connectivity index (χ1n) is 14.6. The predicted octanol–water partition coefficient (Wildman–Crippen LogP) is 10.0. The van der Waals surface area contributed by atoms with Crippen LogP contribution in [0.15, 0.2) is 140 Å². The molecule has 1 aliphatic heterocycles. The Kier molecular flexibility index (Phi) is 7.40. The van der Waals surface area contributed by atoms with Gasteiger partial charge in [-0.3, -0.25) is 4.98 Å². The van der Waals surface area contributed by atoms with Crippen molar-refractivity contribution in [1.82, 2.24) is 9.97 Å². The molecular formula is C39H27N4OPt-. The summed E-state index contributed by atoms with van der Waals surface area (Å²) in [7, 11) is 0. The van der Waals surface area contributed by atoms with E-state index < -0.39 is 0 Å². The Labute approximate surface area is 276 Å². The van der Waals surface area contributed by atoms with Crippen molar-refractivity contribution >= 4 is 45.2 Å². The Balaban J connectivity index is 0.00000325. The largest absolute Gasteiger partial charge is 0.506 e. The zero-order chi connectivity index (χ0) is 29.6. The summed E-state index contributed by atoms with van der Waals surface area (Å²) < 4.78 is 0. The molecule has 0 fully saturated rings. The second-order valence-corrected chi connectivity index (χ2v) is 10.9. The van der Waals surface area contributed by atoms with Crippen LogP contribution in [-0.4, -0.2) is 15.1 Å². The van der Waals surface area contributed by atoms with Crippen LogP contribution in [0.5, 0.6) is 5.75 Å². The number of rotatable bonds is 4. The minimum atomic E-state index is 0. The van der Waals surface area contributed by atoms with Crippen molar-refractivity contribution < 1.29 is 26.2 Å². The average molecular weight is 763 g/mol. The van der Waals surface area contributed by atoms with Crippen LogP contribution in [0, 0.1) is 13.0 Å². The van der Waals surface area contributed by atoms with Crippen molar-refractivity contribution in [1.29, 1.82) is 0 Å². The summed E-state index contributed by atoms with van der Waals surface area (Å²) >= 11 is 0. The zero-order valence-corrected chi connectivity index (χ0v) is 26.6. The first-order valence-corrected chi connectivity index (χ1v) is 14.6. The van der Waals surface area contributed by atoms with Crippen molar-refractivity contribution in [3.63, 3.8) is 0 Å². The van der Waals surface area contributed by atoms with Gasteiger partial charge in [-0.25, -0.2) is 4.98 Å². The Bertz CT molecular complexity index is 2150. The molecule has 0 saturated heterocycles. The van der Waals surface area contributed by atoms with Gasteiger partial charge in [0, 0.05) is 38.3 Å². The summed E-state index contributed by atoms with van der Waals surface area (Å²) in [6.07, 6.45) is 1.89. The molecule has 0 radical (unpaired) electrons. The topological polar surface area (TPSA) is 52.5 Å². The fourth-order valence-corrected chi connectivity index (χ4v) is 5.97. The fraction of sp³-hybridized carbons (Fsp3) is 0.0256. The van der Waals surface area contributed by atoms with Crippen LogP contribution in [0.25, 0.3) is 33.3 Å². The van der Waals surface area contributed by atoms with Gasteiger partial charge in [-0.1, -0.05) is 78.9 Å². The summed E-state index contributed by atoms with van der Waals surface area (Å²) in [5.41, 5.74) is 10.3. The first kappa shape index (κ1) is 28.5. The van der Waals surface area contributed by atoms with E-state index in [-0.39, 0.29) is 26.8 Å². The van der Waals surface area contributed by atoms with Gasteiger partial charge in [0.15, 0.2) is 0 Å². The van der Waals surface area contributed by atoms with Gasteiger partial charge >= 0.3 is 0 Å². The number of fused-ring (bicyclic) bond motifs is 3. The van der Waals surface area contributed by atoms with Gasteiger partial charge in [-0.05, 0) is 83.1 Å². The van der Waals surface area contributed by atoms with Crippen LogP contribution in [-0.2, 0) is 21.1 Å². The number of aromatic nitrogens is 2. The molecule has 8 rings (SSSR count). The molecule has 1 aliphatic rings. The molecule has 0 bridgehead atoms. The van der Waals surface area contributed by atoms with E-state index in [0.29, 0.717) is 5.52 Å². The van der Waals surface area contributed by atoms with Gasteiger partial charge in [0.2, 0.25) is 0 Å². The van der Waals surface area contributed by atoms with Gasteiger partial charge in [0.05, 0.1) is 11.4 Å². The fourth-order valence-electron chi connectivity index (χ4n) is 5.97. The molecule has 45 heavy (non-hydrogen) atoms.